The van der Waals surface area contributed by atoms with Crippen molar-refractivity contribution < 1.29 is 27.1 Å². The first kappa shape index (κ1) is 21.8. The fraction of sp³-hybridized carbons (Fsp3) is 0.316. The van der Waals surface area contributed by atoms with Crippen LogP contribution < -0.4 is 4.90 Å². The van der Waals surface area contributed by atoms with E-state index in [4.69, 9.17) is 0 Å². The number of piperazine rings is 1. The van der Waals surface area contributed by atoms with Crippen LogP contribution in [0.15, 0.2) is 53.4 Å². The maximum Gasteiger partial charge on any atom is 0.416 e. The molecule has 1 heterocycles. The summed E-state index contributed by atoms with van der Waals surface area (Å²) in [6.45, 7) is 1.31. The van der Waals surface area contributed by atoms with Gasteiger partial charge in [0.05, 0.1) is 21.3 Å². The first-order valence-electron chi connectivity index (χ1n) is 8.98. The van der Waals surface area contributed by atoms with E-state index in [1.54, 1.807) is 11.0 Å². The van der Waals surface area contributed by atoms with Gasteiger partial charge in [0.2, 0.25) is 5.91 Å². The third-order valence-electron chi connectivity index (χ3n) is 4.74. The summed E-state index contributed by atoms with van der Waals surface area (Å²) in [7, 11) is -1.65. The van der Waals surface area contributed by atoms with Gasteiger partial charge in [0.25, 0.3) is 5.69 Å². The molecule has 1 saturated heterocycles. The Hall–Kier alpha value is -2.95. The lowest BCUT2D eigenvalue weighted by Crippen LogP contribution is -2.50. The molecular weight excluding hydrogens is 423 g/mol. The molecule has 0 aromatic heterocycles. The molecule has 2 aromatic carbocycles. The van der Waals surface area contributed by atoms with Crippen molar-refractivity contribution in [2.45, 2.75) is 11.1 Å². The number of nitrogens with zero attached hydrogens (tertiary/aromatic N) is 3. The van der Waals surface area contributed by atoms with E-state index in [1.807, 2.05) is 0 Å². The lowest BCUT2D eigenvalue weighted by atomic mass is 10.1. The molecule has 1 atom stereocenters. The van der Waals surface area contributed by atoms with Crippen LogP contribution in [0.25, 0.3) is 0 Å². The first-order chi connectivity index (χ1) is 14.1. The highest BCUT2D eigenvalue weighted by Crippen LogP contribution is 2.31. The number of amides is 1. The van der Waals surface area contributed by atoms with Gasteiger partial charge >= 0.3 is 6.18 Å². The predicted octanol–water partition coefficient (Wildman–Crippen LogP) is 3.07. The monoisotopic (exact) mass is 441 g/mol. The molecule has 3 rings (SSSR count). The van der Waals surface area contributed by atoms with Crippen LogP contribution in [0.3, 0.4) is 0 Å². The van der Waals surface area contributed by atoms with E-state index >= 15 is 0 Å². The molecule has 1 amide bonds. The fourth-order valence-electron chi connectivity index (χ4n) is 3.10. The zero-order valence-electron chi connectivity index (χ0n) is 15.7. The van der Waals surface area contributed by atoms with Gasteiger partial charge in [0.15, 0.2) is 0 Å². The average Bonchev–Trinajstić information content (AvgIpc) is 2.73. The molecule has 1 fully saturated rings. The smallest absolute Gasteiger partial charge is 0.368 e. The maximum absolute atomic E-state index is 12.9. The number of rotatable bonds is 5. The standard InChI is InChI=1S/C19H18F3N3O4S/c20-19(21,22)14-2-1-3-16(12-14)23-8-10-24(11-9-23)18(26)13-30(29)17-6-4-15(5-7-17)25(27)28/h1-7,12H,8-11,13H2/t30-/m0/s1. The SMILES string of the molecule is O=C(C[S@](=O)c1ccc([N+](=O)[O-])cc1)N1CCN(c2cccc(C(F)(F)F)c2)CC1. The maximum atomic E-state index is 12.9. The van der Waals surface area contributed by atoms with Crippen LogP contribution in [0.1, 0.15) is 5.56 Å². The fourth-order valence-corrected chi connectivity index (χ4v) is 4.11. The van der Waals surface area contributed by atoms with E-state index in [-0.39, 0.29) is 17.3 Å². The number of non-ortho nitro benzene ring substituents is 1. The lowest BCUT2D eigenvalue weighted by molar-refractivity contribution is -0.384. The quantitative estimate of drug-likeness (QED) is 0.526. The Bertz CT molecular complexity index is 958. The van der Waals surface area contributed by atoms with Crippen molar-refractivity contribution in [2.75, 3.05) is 36.8 Å². The van der Waals surface area contributed by atoms with Crippen LogP contribution in [0.2, 0.25) is 0 Å². The van der Waals surface area contributed by atoms with Crippen molar-refractivity contribution in [3.05, 3.63) is 64.2 Å². The lowest BCUT2D eigenvalue weighted by Gasteiger charge is -2.36. The number of anilines is 1. The van der Waals surface area contributed by atoms with E-state index in [0.29, 0.717) is 36.8 Å². The first-order valence-corrected chi connectivity index (χ1v) is 10.3. The number of nitro groups is 1. The molecule has 0 bridgehead atoms. The molecule has 0 saturated carbocycles. The number of carbonyl (C=O) groups is 1. The highest BCUT2D eigenvalue weighted by Gasteiger charge is 2.31. The summed E-state index contributed by atoms with van der Waals surface area (Å²) < 4.78 is 51.1. The summed E-state index contributed by atoms with van der Waals surface area (Å²) >= 11 is 0. The van der Waals surface area contributed by atoms with Crippen LogP contribution in [0.5, 0.6) is 0 Å². The van der Waals surface area contributed by atoms with Gasteiger partial charge in [-0.05, 0) is 30.3 Å². The average molecular weight is 441 g/mol. The Morgan fingerprint density at radius 1 is 1.07 bits per heavy atom. The van der Waals surface area contributed by atoms with Crippen molar-refractivity contribution in [3.63, 3.8) is 0 Å². The number of halogens is 3. The predicted molar refractivity (Wildman–Crippen MR) is 105 cm³/mol. The molecule has 0 unspecified atom stereocenters. The third kappa shape index (κ3) is 5.15. The summed E-state index contributed by atoms with van der Waals surface area (Å²) in [5, 5.41) is 10.7. The van der Waals surface area contributed by atoms with Crippen molar-refractivity contribution in [1.82, 2.24) is 4.90 Å². The number of hydrogen-bond donors (Lipinski definition) is 0. The van der Waals surface area contributed by atoms with Gasteiger partial charge in [-0.3, -0.25) is 19.1 Å². The van der Waals surface area contributed by atoms with Crippen LogP contribution in [-0.2, 0) is 21.8 Å². The molecule has 0 spiro atoms. The molecule has 1 aliphatic rings. The molecule has 1 aliphatic heterocycles. The Balaban J connectivity index is 1.56. The number of nitro benzene ring substituents is 1. The molecule has 2 aromatic rings. The van der Waals surface area contributed by atoms with E-state index in [0.717, 1.165) is 12.1 Å². The van der Waals surface area contributed by atoms with Crippen LogP contribution in [0.4, 0.5) is 24.5 Å². The molecule has 0 aliphatic carbocycles. The van der Waals surface area contributed by atoms with Crippen molar-refractivity contribution in [1.29, 1.82) is 0 Å². The number of benzene rings is 2. The Kier molecular flexibility index (Phi) is 6.40. The second-order valence-corrected chi connectivity index (χ2v) is 8.11. The van der Waals surface area contributed by atoms with Crippen LogP contribution >= 0.6 is 0 Å². The summed E-state index contributed by atoms with van der Waals surface area (Å²) in [6, 6.07) is 10.2. The van der Waals surface area contributed by atoms with E-state index in [9.17, 15) is 32.3 Å². The molecule has 160 valence electrons. The second kappa shape index (κ2) is 8.82. The number of hydrogen-bond acceptors (Lipinski definition) is 5. The van der Waals surface area contributed by atoms with Gasteiger partial charge in [-0.25, -0.2) is 0 Å². The topological polar surface area (TPSA) is 83.8 Å². The highest BCUT2D eigenvalue weighted by atomic mass is 32.2. The molecule has 0 N–H and O–H groups in total. The molecule has 11 heteroatoms. The Morgan fingerprint density at radius 3 is 2.27 bits per heavy atom. The Labute approximate surface area is 172 Å². The van der Waals surface area contributed by atoms with Gasteiger partial charge in [0.1, 0.15) is 5.75 Å². The van der Waals surface area contributed by atoms with Crippen molar-refractivity contribution in [2.24, 2.45) is 0 Å². The van der Waals surface area contributed by atoms with Crippen molar-refractivity contribution >= 4 is 28.1 Å². The van der Waals surface area contributed by atoms with Gasteiger partial charge in [-0.1, -0.05) is 6.07 Å². The van der Waals surface area contributed by atoms with E-state index < -0.39 is 27.5 Å². The molecule has 7 nitrogen and oxygen atoms in total. The van der Waals surface area contributed by atoms with E-state index in [1.165, 1.54) is 35.2 Å². The number of alkyl halides is 3. The molecular formula is C19H18F3N3O4S. The summed E-state index contributed by atoms with van der Waals surface area (Å²) in [6.07, 6.45) is -4.42. The zero-order chi connectivity index (χ0) is 21.9. The molecule has 30 heavy (non-hydrogen) atoms. The number of carbonyl (C=O) groups excluding carboxylic acids is 1. The minimum Gasteiger partial charge on any atom is -0.368 e. The normalized spacial score (nSPS) is 15.7. The van der Waals surface area contributed by atoms with Crippen molar-refractivity contribution in [3.8, 4) is 0 Å². The highest BCUT2D eigenvalue weighted by molar-refractivity contribution is 7.85. The zero-order valence-corrected chi connectivity index (χ0v) is 16.5. The van der Waals surface area contributed by atoms with Crippen LogP contribution in [0, 0.1) is 10.1 Å². The summed E-state index contributed by atoms with van der Waals surface area (Å²) in [5.74, 6) is -0.600. The van der Waals surface area contributed by atoms with Gasteiger partial charge in [0, 0.05) is 48.9 Å². The van der Waals surface area contributed by atoms with Gasteiger partial charge in [-0.15, -0.1) is 0 Å². The minimum absolute atomic E-state index is 0.132. The molecule has 0 radical (unpaired) electrons. The van der Waals surface area contributed by atoms with E-state index in [2.05, 4.69) is 0 Å². The van der Waals surface area contributed by atoms with Crippen LogP contribution in [-0.4, -0.2) is 51.9 Å². The largest absolute Gasteiger partial charge is 0.416 e. The van der Waals surface area contributed by atoms with Gasteiger partial charge in [-0.2, -0.15) is 13.2 Å². The van der Waals surface area contributed by atoms with Gasteiger partial charge < -0.3 is 9.80 Å². The third-order valence-corrected chi connectivity index (χ3v) is 6.04. The summed E-state index contributed by atoms with van der Waals surface area (Å²) in [5.41, 5.74) is -0.420. The Morgan fingerprint density at radius 2 is 1.70 bits per heavy atom. The summed E-state index contributed by atoms with van der Waals surface area (Å²) in [4.78, 5) is 26.2. The second-order valence-electron chi connectivity index (χ2n) is 6.66. The minimum atomic E-state index is -4.42.